The molecule has 1 amide bonds. The van der Waals surface area contributed by atoms with E-state index in [4.69, 9.17) is 4.74 Å². The molecule has 0 radical (unpaired) electrons. The van der Waals surface area contributed by atoms with Crippen molar-refractivity contribution in [2.75, 3.05) is 39.4 Å². The number of amides is 1. The van der Waals surface area contributed by atoms with Gasteiger partial charge in [-0.25, -0.2) is 9.97 Å². The number of morpholine rings is 1. The molecule has 0 unspecified atom stereocenters. The van der Waals surface area contributed by atoms with E-state index in [9.17, 15) is 4.79 Å². The van der Waals surface area contributed by atoms with Crippen LogP contribution in [-0.2, 0) is 28.9 Å². The van der Waals surface area contributed by atoms with E-state index in [1.54, 1.807) is 0 Å². The van der Waals surface area contributed by atoms with Gasteiger partial charge in [-0.15, -0.1) is 0 Å². The van der Waals surface area contributed by atoms with Crippen molar-refractivity contribution in [2.45, 2.75) is 32.7 Å². The number of hydrogen-bond donors (Lipinski definition) is 0. The summed E-state index contributed by atoms with van der Waals surface area (Å²) in [5.74, 6) is 1.15. The van der Waals surface area contributed by atoms with Gasteiger partial charge >= 0.3 is 0 Å². The van der Waals surface area contributed by atoms with Crippen LogP contribution in [0.1, 0.15) is 30.4 Å². The summed E-state index contributed by atoms with van der Waals surface area (Å²) in [4.78, 5) is 25.4. The molecule has 0 atom stereocenters. The molecule has 6 heteroatoms. The summed E-state index contributed by atoms with van der Waals surface area (Å²) in [6.45, 7) is 7.49. The fourth-order valence-electron chi connectivity index (χ4n) is 2.98. The molecule has 1 aromatic rings. The molecular formula is C16H24N4O2. The van der Waals surface area contributed by atoms with Crippen molar-refractivity contribution in [2.24, 2.45) is 0 Å². The third-order valence-electron chi connectivity index (χ3n) is 4.40. The van der Waals surface area contributed by atoms with Gasteiger partial charge in [0.1, 0.15) is 5.82 Å². The van der Waals surface area contributed by atoms with E-state index in [-0.39, 0.29) is 5.91 Å². The van der Waals surface area contributed by atoms with Crippen LogP contribution in [0.5, 0.6) is 0 Å². The minimum absolute atomic E-state index is 0.242. The zero-order valence-electron chi connectivity index (χ0n) is 13.3. The van der Waals surface area contributed by atoms with Crippen LogP contribution in [0.15, 0.2) is 6.20 Å². The minimum atomic E-state index is 0.242. The molecule has 3 rings (SSSR count). The zero-order valence-corrected chi connectivity index (χ0v) is 13.3. The van der Waals surface area contributed by atoms with Gasteiger partial charge in [-0.1, -0.05) is 6.92 Å². The van der Waals surface area contributed by atoms with Crippen molar-refractivity contribution in [3.63, 3.8) is 0 Å². The maximum Gasteiger partial charge on any atom is 0.224 e. The normalized spacial score (nSPS) is 19.0. The lowest BCUT2D eigenvalue weighted by molar-refractivity contribution is -0.135. The maximum absolute atomic E-state index is 12.2. The Kier molecular flexibility index (Phi) is 5.00. The molecule has 0 N–H and O–H groups in total. The van der Waals surface area contributed by atoms with Crippen molar-refractivity contribution in [1.82, 2.24) is 19.8 Å². The monoisotopic (exact) mass is 304 g/mol. The molecule has 120 valence electrons. The summed E-state index contributed by atoms with van der Waals surface area (Å²) in [5.41, 5.74) is 2.39. The molecule has 1 fully saturated rings. The van der Waals surface area contributed by atoms with Crippen LogP contribution in [-0.4, -0.2) is 65.1 Å². The van der Waals surface area contributed by atoms with Gasteiger partial charge in [0.15, 0.2) is 0 Å². The minimum Gasteiger partial charge on any atom is -0.378 e. The third-order valence-corrected chi connectivity index (χ3v) is 4.40. The maximum atomic E-state index is 12.2. The number of carbonyl (C=O) groups excluding carboxylic acids is 1. The van der Waals surface area contributed by atoms with Crippen molar-refractivity contribution in [1.29, 1.82) is 0 Å². The van der Waals surface area contributed by atoms with Gasteiger partial charge in [-0.05, 0) is 12.0 Å². The Morgan fingerprint density at radius 1 is 1.32 bits per heavy atom. The highest BCUT2D eigenvalue weighted by atomic mass is 16.5. The van der Waals surface area contributed by atoms with Gasteiger partial charge in [0.05, 0.1) is 18.9 Å². The van der Waals surface area contributed by atoms with E-state index >= 15 is 0 Å². The smallest absolute Gasteiger partial charge is 0.224 e. The Bertz CT molecular complexity index is 529. The Balaban J connectivity index is 1.52. The lowest BCUT2D eigenvalue weighted by Gasteiger charge is -2.30. The molecule has 0 bridgehead atoms. The topological polar surface area (TPSA) is 58.6 Å². The van der Waals surface area contributed by atoms with E-state index in [0.717, 1.165) is 57.1 Å². The molecule has 2 aliphatic heterocycles. The lowest BCUT2D eigenvalue weighted by atomic mass is 10.1. The van der Waals surface area contributed by atoms with Crippen LogP contribution in [0.25, 0.3) is 0 Å². The summed E-state index contributed by atoms with van der Waals surface area (Å²) in [5, 5.41) is 0. The number of nitrogens with zero attached hydrogens (tertiary/aromatic N) is 4. The molecule has 0 aromatic carbocycles. The highest BCUT2D eigenvalue weighted by Crippen LogP contribution is 2.17. The van der Waals surface area contributed by atoms with Gasteiger partial charge in [0.25, 0.3) is 0 Å². The highest BCUT2D eigenvalue weighted by Gasteiger charge is 2.21. The van der Waals surface area contributed by atoms with Crippen LogP contribution in [0.3, 0.4) is 0 Å². The first kappa shape index (κ1) is 15.4. The van der Waals surface area contributed by atoms with Gasteiger partial charge in [-0.2, -0.15) is 0 Å². The number of aromatic nitrogens is 2. The number of ether oxygens (including phenoxy) is 1. The summed E-state index contributed by atoms with van der Waals surface area (Å²) >= 11 is 0. The number of aryl methyl sites for hydroxylation is 1. The fourth-order valence-corrected chi connectivity index (χ4v) is 2.98. The first-order valence-corrected chi connectivity index (χ1v) is 8.18. The molecule has 2 aliphatic rings. The van der Waals surface area contributed by atoms with E-state index in [2.05, 4.69) is 21.8 Å². The number of carbonyl (C=O) groups is 1. The van der Waals surface area contributed by atoms with E-state index in [0.29, 0.717) is 19.6 Å². The summed E-state index contributed by atoms with van der Waals surface area (Å²) in [6, 6.07) is 0. The molecule has 1 aromatic heterocycles. The van der Waals surface area contributed by atoms with E-state index in [1.165, 1.54) is 5.56 Å². The van der Waals surface area contributed by atoms with Crippen molar-refractivity contribution < 1.29 is 9.53 Å². The number of fused-ring (bicyclic) bond motifs is 1. The number of rotatable bonds is 4. The van der Waals surface area contributed by atoms with Crippen molar-refractivity contribution in [3.05, 3.63) is 23.3 Å². The van der Waals surface area contributed by atoms with Crippen molar-refractivity contribution >= 4 is 5.91 Å². The summed E-state index contributed by atoms with van der Waals surface area (Å²) < 4.78 is 5.29. The Morgan fingerprint density at radius 2 is 2.14 bits per heavy atom. The Labute approximate surface area is 131 Å². The van der Waals surface area contributed by atoms with Crippen LogP contribution in [0, 0.1) is 0 Å². The number of hydrogen-bond acceptors (Lipinski definition) is 5. The van der Waals surface area contributed by atoms with Crippen LogP contribution in [0.4, 0.5) is 0 Å². The quantitative estimate of drug-likeness (QED) is 0.817. The fraction of sp³-hybridized carbons (Fsp3) is 0.688. The molecule has 0 spiro atoms. The van der Waals surface area contributed by atoms with Gasteiger partial charge < -0.3 is 9.64 Å². The van der Waals surface area contributed by atoms with Crippen LogP contribution >= 0.6 is 0 Å². The average molecular weight is 304 g/mol. The largest absolute Gasteiger partial charge is 0.378 e. The molecule has 6 nitrogen and oxygen atoms in total. The van der Waals surface area contributed by atoms with E-state index < -0.39 is 0 Å². The molecule has 0 aliphatic carbocycles. The second-order valence-electron chi connectivity index (χ2n) is 5.88. The average Bonchev–Trinajstić information content (AvgIpc) is 2.59. The predicted octanol–water partition coefficient (Wildman–Crippen LogP) is 0.646. The van der Waals surface area contributed by atoms with Gasteiger partial charge in [0.2, 0.25) is 5.91 Å². The Hall–Kier alpha value is -1.53. The third kappa shape index (κ3) is 3.62. The molecule has 22 heavy (non-hydrogen) atoms. The first-order valence-electron chi connectivity index (χ1n) is 8.18. The second kappa shape index (κ2) is 7.15. The van der Waals surface area contributed by atoms with Crippen LogP contribution in [0.2, 0.25) is 0 Å². The lowest BCUT2D eigenvalue weighted by Crippen LogP contribution is -2.42. The Morgan fingerprint density at radius 3 is 2.91 bits per heavy atom. The summed E-state index contributed by atoms with van der Waals surface area (Å²) in [7, 11) is 0. The van der Waals surface area contributed by atoms with Gasteiger partial charge in [-0.3, -0.25) is 9.69 Å². The molecule has 0 saturated carbocycles. The standard InChI is InChI=1S/C16H24N4O2/c1-2-15-17-11-13-3-5-19(12-14(13)18-15)6-4-16(21)20-7-9-22-10-8-20/h11H,2-10,12H2,1H3. The predicted molar refractivity (Wildman–Crippen MR) is 82.4 cm³/mol. The summed E-state index contributed by atoms with van der Waals surface area (Å²) in [6.07, 6.45) is 4.40. The SMILES string of the molecule is CCc1ncc2c(n1)CN(CCC(=O)N1CCOCC1)CC2. The molecular weight excluding hydrogens is 280 g/mol. The van der Waals surface area contributed by atoms with Crippen LogP contribution < -0.4 is 0 Å². The second-order valence-corrected chi connectivity index (χ2v) is 5.88. The molecule has 1 saturated heterocycles. The van der Waals surface area contributed by atoms with Gasteiger partial charge in [0, 0.05) is 51.8 Å². The van der Waals surface area contributed by atoms with E-state index in [1.807, 2.05) is 11.1 Å². The highest BCUT2D eigenvalue weighted by molar-refractivity contribution is 5.76. The molecule has 3 heterocycles. The zero-order chi connectivity index (χ0) is 15.4. The van der Waals surface area contributed by atoms with Crippen molar-refractivity contribution in [3.8, 4) is 0 Å². The first-order chi connectivity index (χ1) is 10.8.